The highest BCUT2D eigenvalue weighted by Gasteiger charge is 2.14. The van der Waals surface area contributed by atoms with E-state index in [9.17, 15) is 0 Å². The van der Waals surface area contributed by atoms with Crippen molar-refractivity contribution in [3.63, 3.8) is 0 Å². The minimum atomic E-state index is 0. The molecule has 0 aromatic heterocycles. The summed E-state index contributed by atoms with van der Waals surface area (Å²) < 4.78 is 0. The average molecular weight is 508 g/mol. The van der Waals surface area contributed by atoms with Gasteiger partial charge in [0.05, 0.1) is 0 Å². The topological polar surface area (TPSA) is 34.1 Å². The Bertz CT molecular complexity index is 544. The van der Waals surface area contributed by atoms with Crippen molar-refractivity contribution in [2.45, 2.75) is 26.3 Å². The van der Waals surface area contributed by atoms with Crippen molar-refractivity contribution in [1.29, 1.82) is 0 Å². The Kier molecular flexibility index (Phi) is 12.3. The van der Waals surface area contributed by atoms with Gasteiger partial charge in [0.25, 0.3) is 0 Å². The second-order valence-corrected chi connectivity index (χ2v) is 7.38. The smallest absolute Gasteiger partial charge is 0.193 e. The number of guanidine groups is 1. The molecule has 5 nitrogen and oxygen atoms in total. The molecular weight excluding hydrogens is 473 g/mol. The van der Waals surface area contributed by atoms with Crippen molar-refractivity contribution in [3.8, 4) is 0 Å². The summed E-state index contributed by atoms with van der Waals surface area (Å²) in [6.45, 7) is 11.3. The van der Waals surface area contributed by atoms with Crippen LogP contribution in [-0.4, -0.2) is 80.6 Å². The van der Waals surface area contributed by atoms with E-state index in [2.05, 4.69) is 51.1 Å². The third-order valence-corrected chi connectivity index (χ3v) is 5.25. The maximum Gasteiger partial charge on any atom is 0.193 e. The van der Waals surface area contributed by atoms with Crippen LogP contribution in [-0.2, 0) is 6.54 Å². The number of hydrogen-bond donors (Lipinski definition) is 1. The van der Waals surface area contributed by atoms with Gasteiger partial charge in [-0.25, -0.2) is 0 Å². The number of hydrogen-bond acceptors (Lipinski definition) is 3. The van der Waals surface area contributed by atoms with Gasteiger partial charge >= 0.3 is 0 Å². The molecule has 0 amide bonds. The maximum absolute atomic E-state index is 5.95. The first-order valence-electron chi connectivity index (χ1n) is 9.73. The van der Waals surface area contributed by atoms with Gasteiger partial charge < -0.3 is 20.0 Å². The Morgan fingerprint density at radius 1 is 1.11 bits per heavy atom. The number of halogens is 2. The van der Waals surface area contributed by atoms with E-state index in [1.54, 1.807) is 0 Å². The fourth-order valence-electron chi connectivity index (χ4n) is 3.31. The normalized spacial score (nSPS) is 16.1. The van der Waals surface area contributed by atoms with E-state index in [4.69, 9.17) is 11.6 Å². The highest BCUT2D eigenvalue weighted by Crippen LogP contribution is 2.11. The summed E-state index contributed by atoms with van der Waals surface area (Å²) >= 11 is 5.95. The zero-order valence-electron chi connectivity index (χ0n) is 17.0. The van der Waals surface area contributed by atoms with Crippen molar-refractivity contribution >= 4 is 41.5 Å². The molecule has 0 bridgehead atoms. The number of rotatable bonds is 8. The van der Waals surface area contributed by atoms with Crippen LogP contribution >= 0.6 is 35.6 Å². The van der Waals surface area contributed by atoms with Crippen molar-refractivity contribution in [2.24, 2.45) is 4.99 Å². The summed E-state index contributed by atoms with van der Waals surface area (Å²) in [6, 6.07) is 7.98. The highest BCUT2D eigenvalue weighted by molar-refractivity contribution is 14.0. The van der Waals surface area contributed by atoms with Crippen molar-refractivity contribution in [1.82, 2.24) is 20.0 Å². The second-order valence-electron chi connectivity index (χ2n) is 6.94. The fourth-order valence-corrected chi connectivity index (χ4v) is 3.44. The van der Waals surface area contributed by atoms with Crippen LogP contribution in [0, 0.1) is 0 Å². The predicted molar refractivity (Wildman–Crippen MR) is 127 cm³/mol. The van der Waals surface area contributed by atoms with Crippen LogP contribution < -0.4 is 5.32 Å². The Labute approximate surface area is 187 Å². The first kappa shape index (κ1) is 24.5. The summed E-state index contributed by atoms with van der Waals surface area (Å²) in [5.41, 5.74) is 1.23. The van der Waals surface area contributed by atoms with Crippen LogP contribution in [0.5, 0.6) is 0 Å². The Morgan fingerprint density at radius 3 is 2.33 bits per heavy atom. The summed E-state index contributed by atoms with van der Waals surface area (Å²) in [5, 5.41) is 4.25. The number of unbranched alkanes of at least 4 members (excludes halogenated alkanes) is 1. The number of aliphatic imine (C=N–C) groups is 1. The number of nitrogens with one attached hydrogen (secondary N) is 1. The minimum absolute atomic E-state index is 0. The van der Waals surface area contributed by atoms with Crippen LogP contribution in [0.4, 0.5) is 0 Å². The van der Waals surface area contributed by atoms with E-state index < -0.39 is 0 Å². The van der Waals surface area contributed by atoms with Crippen LogP contribution in [0.2, 0.25) is 5.02 Å². The molecule has 0 radical (unpaired) electrons. The molecule has 1 aromatic rings. The lowest BCUT2D eigenvalue weighted by molar-refractivity contribution is 0.136. The number of nitrogens with zero attached hydrogens (tertiary/aromatic N) is 4. The highest BCUT2D eigenvalue weighted by atomic mass is 127. The molecule has 0 atom stereocenters. The van der Waals surface area contributed by atoms with E-state index in [-0.39, 0.29) is 24.0 Å². The number of benzene rings is 1. The molecule has 2 rings (SSSR count). The molecular formula is C20H35ClIN5. The van der Waals surface area contributed by atoms with Gasteiger partial charge in [-0.05, 0) is 43.6 Å². The van der Waals surface area contributed by atoms with Gasteiger partial charge in [0.15, 0.2) is 5.96 Å². The molecule has 0 aliphatic carbocycles. The van der Waals surface area contributed by atoms with E-state index in [1.165, 1.54) is 57.7 Å². The van der Waals surface area contributed by atoms with Gasteiger partial charge in [0.2, 0.25) is 0 Å². The number of piperazine rings is 1. The van der Waals surface area contributed by atoms with Gasteiger partial charge in [-0.15, -0.1) is 24.0 Å². The molecule has 154 valence electrons. The largest absolute Gasteiger partial charge is 0.356 e. The molecule has 1 aliphatic rings. The molecule has 1 N–H and O–H groups in total. The molecule has 0 saturated carbocycles. The molecule has 7 heteroatoms. The van der Waals surface area contributed by atoms with Crippen LogP contribution in [0.25, 0.3) is 0 Å². The summed E-state index contributed by atoms with van der Waals surface area (Å²) in [7, 11) is 3.91. The van der Waals surface area contributed by atoms with E-state index in [0.29, 0.717) is 0 Å². The molecule has 1 aliphatic heterocycles. The SMILES string of the molecule is CCN1CCN(CCCCNC(=NC)N(C)Cc2ccc(Cl)cc2)CC1.I. The van der Waals surface area contributed by atoms with E-state index in [0.717, 1.165) is 24.1 Å². The van der Waals surface area contributed by atoms with Gasteiger partial charge in [0.1, 0.15) is 0 Å². The average Bonchev–Trinajstić information content (AvgIpc) is 2.67. The van der Waals surface area contributed by atoms with E-state index >= 15 is 0 Å². The lowest BCUT2D eigenvalue weighted by Gasteiger charge is -2.34. The van der Waals surface area contributed by atoms with Crippen molar-refractivity contribution in [2.75, 3.05) is 59.9 Å². The second kappa shape index (κ2) is 13.6. The van der Waals surface area contributed by atoms with Gasteiger partial charge in [-0.1, -0.05) is 30.7 Å². The van der Waals surface area contributed by atoms with Crippen molar-refractivity contribution in [3.05, 3.63) is 34.9 Å². The van der Waals surface area contributed by atoms with Crippen LogP contribution in [0.1, 0.15) is 25.3 Å². The molecule has 1 aromatic carbocycles. The van der Waals surface area contributed by atoms with Gasteiger partial charge in [-0.2, -0.15) is 0 Å². The third-order valence-electron chi connectivity index (χ3n) is 5.00. The molecule has 0 unspecified atom stereocenters. The molecule has 27 heavy (non-hydrogen) atoms. The van der Waals surface area contributed by atoms with Crippen LogP contribution in [0.3, 0.4) is 0 Å². The zero-order chi connectivity index (χ0) is 18.8. The number of likely N-dealkylation sites (N-methyl/N-ethyl adjacent to an activating group) is 1. The van der Waals surface area contributed by atoms with Crippen molar-refractivity contribution < 1.29 is 0 Å². The predicted octanol–water partition coefficient (Wildman–Crippen LogP) is 3.38. The quantitative estimate of drug-likeness (QED) is 0.253. The maximum atomic E-state index is 5.95. The van der Waals surface area contributed by atoms with Crippen LogP contribution in [0.15, 0.2) is 29.3 Å². The molecule has 1 heterocycles. The summed E-state index contributed by atoms with van der Waals surface area (Å²) in [4.78, 5) is 11.7. The third kappa shape index (κ3) is 8.98. The monoisotopic (exact) mass is 507 g/mol. The van der Waals surface area contributed by atoms with E-state index in [1.807, 2.05) is 19.2 Å². The summed E-state index contributed by atoms with van der Waals surface area (Å²) in [6.07, 6.45) is 2.40. The first-order chi connectivity index (χ1) is 12.6. The first-order valence-corrected chi connectivity index (χ1v) is 10.1. The molecule has 1 saturated heterocycles. The molecule has 1 fully saturated rings. The lowest BCUT2D eigenvalue weighted by Crippen LogP contribution is -2.46. The molecule has 0 spiro atoms. The zero-order valence-corrected chi connectivity index (χ0v) is 20.0. The standard InChI is InChI=1S/C20H34ClN5.HI/c1-4-25-13-15-26(16-14-25)12-6-5-11-23-20(22-2)24(3)17-18-7-9-19(21)10-8-18;/h7-10H,4-6,11-17H2,1-3H3,(H,22,23);1H. The van der Waals surface area contributed by atoms with Gasteiger partial charge in [-0.3, -0.25) is 4.99 Å². The van der Waals surface area contributed by atoms with Gasteiger partial charge in [0, 0.05) is 58.4 Å². The summed E-state index contributed by atoms with van der Waals surface area (Å²) in [5.74, 6) is 0.941. The lowest BCUT2D eigenvalue weighted by atomic mass is 10.2. The Hall–Kier alpha value is -0.570. The fraction of sp³-hybridized carbons (Fsp3) is 0.650. The Balaban J connectivity index is 0.00000364. The Morgan fingerprint density at radius 2 is 1.74 bits per heavy atom. The minimum Gasteiger partial charge on any atom is -0.356 e.